The standard InChI is InChI=1S/C12H9FN2O3/c1-18-11-10(14-5-6-15-11)7-3-2-4-8(13)9(7)12(16)17/h2-6H,1H3,(H,16,17). The van der Waals surface area contributed by atoms with Crippen molar-refractivity contribution in [3.05, 3.63) is 42.0 Å². The predicted molar refractivity (Wildman–Crippen MR) is 60.9 cm³/mol. The minimum absolute atomic E-state index is 0.132. The molecular formula is C12H9FN2O3. The zero-order chi connectivity index (χ0) is 13.1. The van der Waals surface area contributed by atoms with Crippen molar-refractivity contribution in [3.63, 3.8) is 0 Å². The Morgan fingerprint density at radius 2 is 2.06 bits per heavy atom. The van der Waals surface area contributed by atoms with E-state index in [1.54, 1.807) is 0 Å². The van der Waals surface area contributed by atoms with Crippen LogP contribution in [0.15, 0.2) is 30.6 Å². The molecule has 1 aromatic carbocycles. The highest BCUT2D eigenvalue weighted by Crippen LogP contribution is 2.29. The lowest BCUT2D eigenvalue weighted by Crippen LogP contribution is -2.05. The van der Waals surface area contributed by atoms with E-state index in [0.29, 0.717) is 0 Å². The van der Waals surface area contributed by atoms with Gasteiger partial charge in [0.2, 0.25) is 5.88 Å². The molecule has 0 fully saturated rings. The summed E-state index contributed by atoms with van der Waals surface area (Å²) in [6.07, 6.45) is 2.79. The van der Waals surface area contributed by atoms with Crippen molar-refractivity contribution in [2.45, 2.75) is 0 Å². The highest BCUT2D eigenvalue weighted by Gasteiger charge is 2.20. The van der Waals surface area contributed by atoms with Crippen LogP contribution in [0.5, 0.6) is 5.88 Å². The zero-order valence-corrected chi connectivity index (χ0v) is 9.42. The van der Waals surface area contributed by atoms with Crippen LogP contribution in [0.3, 0.4) is 0 Å². The summed E-state index contributed by atoms with van der Waals surface area (Å²) < 4.78 is 18.5. The highest BCUT2D eigenvalue weighted by molar-refractivity contribution is 5.96. The van der Waals surface area contributed by atoms with Gasteiger partial charge in [-0.15, -0.1) is 0 Å². The van der Waals surface area contributed by atoms with Gasteiger partial charge in [0.1, 0.15) is 17.1 Å². The highest BCUT2D eigenvalue weighted by atomic mass is 19.1. The Morgan fingerprint density at radius 1 is 1.33 bits per heavy atom. The fourth-order valence-electron chi connectivity index (χ4n) is 1.60. The lowest BCUT2D eigenvalue weighted by molar-refractivity contribution is 0.0693. The van der Waals surface area contributed by atoms with Crippen LogP contribution in [-0.4, -0.2) is 28.2 Å². The maximum Gasteiger partial charge on any atom is 0.339 e. The van der Waals surface area contributed by atoms with Crippen LogP contribution >= 0.6 is 0 Å². The van der Waals surface area contributed by atoms with Gasteiger partial charge >= 0.3 is 5.97 Å². The first-order valence-corrected chi connectivity index (χ1v) is 5.02. The average Bonchev–Trinajstić information content (AvgIpc) is 2.38. The van der Waals surface area contributed by atoms with E-state index >= 15 is 0 Å². The molecule has 0 radical (unpaired) electrons. The number of rotatable bonds is 3. The minimum Gasteiger partial charge on any atom is -0.479 e. The molecule has 2 aromatic rings. The van der Waals surface area contributed by atoms with Crippen molar-refractivity contribution in [2.75, 3.05) is 7.11 Å². The number of halogens is 1. The normalized spacial score (nSPS) is 10.1. The number of nitrogens with zero attached hydrogens (tertiary/aromatic N) is 2. The molecule has 0 atom stereocenters. The van der Waals surface area contributed by atoms with Crippen molar-refractivity contribution in [1.29, 1.82) is 0 Å². The van der Waals surface area contributed by atoms with E-state index in [1.165, 1.54) is 31.6 Å². The van der Waals surface area contributed by atoms with Gasteiger partial charge in [-0.2, -0.15) is 0 Å². The minimum atomic E-state index is -1.36. The number of carbonyl (C=O) groups is 1. The van der Waals surface area contributed by atoms with E-state index in [4.69, 9.17) is 9.84 Å². The van der Waals surface area contributed by atoms with Gasteiger partial charge < -0.3 is 9.84 Å². The Kier molecular flexibility index (Phi) is 3.18. The smallest absolute Gasteiger partial charge is 0.339 e. The van der Waals surface area contributed by atoms with Crippen molar-refractivity contribution < 1.29 is 19.0 Å². The number of aromatic nitrogens is 2. The number of methoxy groups -OCH3 is 1. The molecule has 0 bridgehead atoms. The van der Waals surface area contributed by atoms with Gasteiger partial charge in [-0.25, -0.2) is 19.2 Å². The van der Waals surface area contributed by atoms with Gasteiger partial charge in [0.05, 0.1) is 7.11 Å². The van der Waals surface area contributed by atoms with Gasteiger partial charge in [0.25, 0.3) is 0 Å². The SMILES string of the molecule is COc1nccnc1-c1cccc(F)c1C(=O)O. The van der Waals surface area contributed by atoms with Gasteiger partial charge in [-0.1, -0.05) is 12.1 Å². The van der Waals surface area contributed by atoms with Crippen molar-refractivity contribution >= 4 is 5.97 Å². The number of aromatic carboxylic acids is 1. The molecule has 18 heavy (non-hydrogen) atoms. The molecule has 5 nitrogen and oxygen atoms in total. The summed E-state index contributed by atoms with van der Waals surface area (Å²) in [7, 11) is 1.38. The number of ether oxygens (including phenoxy) is 1. The Hall–Kier alpha value is -2.50. The lowest BCUT2D eigenvalue weighted by atomic mass is 10.0. The topological polar surface area (TPSA) is 72.3 Å². The average molecular weight is 248 g/mol. The van der Waals surface area contributed by atoms with Crippen LogP contribution in [0.25, 0.3) is 11.3 Å². The molecule has 1 aromatic heterocycles. The van der Waals surface area contributed by atoms with Crippen LogP contribution in [0.2, 0.25) is 0 Å². The summed E-state index contributed by atoms with van der Waals surface area (Å²) in [6, 6.07) is 3.94. The van der Waals surface area contributed by atoms with Crippen LogP contribution in [0.4, 0.5) is 4.39 Å². The quantitative estimate of drug-likeness (QED) is 0.899. The van der Waals surface area contributed by atoms with Crippen molar-refractivity contribution in [1.82, 2.24) is 9.97 Å². The molecule has 0 amide bonds. The van der Waals surface area contributed by atoms with Crippen LogP contribution in [0.1, 0.15) is 10.4 Å². The number of carboxylic acids is 1. The Labute approximate surface area is 102 Å². The fraction of sp³-hybridized carbons (Fsp3) is 0.0833. The first-order valence-electron chi connectivity index (χ1n) is 5.02. The summed E-state index contributed by atoms with van der Waals surface area (Å²) >= 11 is 0. The summed E-state index contributed by atoms with van der Waals surface area (Å²) in [6.45, 7) is 0. The third kappa shape index (κ3) is 2.00. The molecule has 2 rings (SSSR count). The van der Waals surface area contributed by atoms with E-state index in [0.717, 1.165) is 6.07 Å². The molecule has 0 spiro atoms. The van der Waals surface area contributed by atoms with E-state index in [2.05, 4.69) is 9.97 Å². The first kappa shape index (κ1) is 12.0. The predicted octanol–water partition coefficient (Wildman–Crippen LogP) is 1.99. The summed E-state index contributed by atoms with van der Waals surface area (Å²) in [4.78, 5) is 19.0. The van der Waals surface area contributed by atoms with Gasteiger partial charge in [0, 0.05) is 18.0 Å². The van der Waals surface area contributed by atoms with Crippen LogP contribution in [0, 0.1) is 5.82 Å². The maximum atomic E-state index is 13.6. The molecule has 0 aliphatic rings. The molecule has 92 valence electrons. The fourth-order valence-corrected chi connectivity index (χ4v) is 1.60. The lowest BCUT2D eigenvalue weighted by Gasteiger charge is -2.09. The van der Waals surface area contributed by atoms with Crippen molar-refractivity contribution in [2.24, 2.45) is 0 Å². The third-order valence-corrected chi connectivity index (χ3v) is 2.34. The van der Waals surface area contributed by atoms with E-state index in [1.807, 2.05) is 0 Å². The molecule has 1 N–H and O–H groups in total. The molecule has 0 saturated heterocycles. The summed E-state index contributed by atoms with van der Waals surface area (Å²) in [5.74, 6) is -2.05. The van der Waals surface area contributed by atoms with Crippen LogP contribution < -0.4 is 4.74 Å². The number of hydrogen-bond acceptors (Lipinski definition) is 4. The van der Waals surface area contributed by atoms with Gasteiger partial charge in [-0.05, 0) is 6.07 Å². The molecular weight excluding hydrogens is 239 g/mol. The Balaban J connectivity index is 2.71. The first-order chi connectivity index (χ1) is 8.65. The molecule has 0 aliphatic heterocycles. The number of benzene rings is 1. The van der Waals surface area contributed by atoms with Gasteiger partial charge in [-0.3, -0.25) is 0 Å². The molecule has 0 saturated carbocycles. The van der Waals surface area contributed by atoms with E-state index in [9.17, 15) is 9.18 Å². The molecule has 6 heteroatoms. The summed E-state index contributed by atoms with van der Waals surface area (Å²) in [5, 5.41) is 9.04. The monoisotopic (exact) mass is 248 g/mol. The van der Waals surface area contributed by atoms with Crippen LogP contribution in [-0.2, 0) is 0 Å². The maximum absolute atomic E-state index is 13.6. The molecule has 1 heterocycles. The van der Waals surface area contributed by atoms with E-state index in [-0.39, 0.29) is 17.1 Å². The van der Waals surface area contributed by atoms with Crippen molar-refractivity contribution in [3.8, 4) is 17.1 Å². The zero-order valence-electron chi connectivity index (χ0n) is 9.42. The van der Waals surface area contributed by atoms with E-state index < -0.39 is 17.3 Å². The van der Waals surface area contributed by atoms with Gasteiger partial charge in [0.15, 0.2) is 0 Å². The largest absolute Gasteiger partial charge is 0.479 e. The Morgan fingerprint density at radius 3 is 2.72 bits per heavy atom. The second-order valence-electron chi connectivity index (χ2n) is 3.38. The Bertz CT molecular complexity index is 602. The molecule has 0 unspecified atom stereocenters. The summed E-state index contributed by atoms with van der Waals surface area (Å²) in [5.41, 5.74) is -0.124. The third-order valence-electron chi connectivity index (χ3n) is 2.34. The second kappa shape index (κ2) is 4.79. The second-order valence-corrected chi connectivity index (χ2v) is 3.38. The molecule has 0 aliphatic carbocycles. The number of carboxylic acid groups (broad SMARTS) is 1. The number of hydrogen-bond donors (Lipinski definition) is 1.